The summed E-state index contributed by atoms with van der Waals surface area (Å²) in [6.07, 6.45) is 0.385. The van der Waals surface area contributed by atoms with E-state index in [4.69, 9.17) is 21.7 Å². The quantitative estimate of drug-likeness (QED) is 0.629. The summed E-state index contributed by atoms with van der Waals surface area (Å²) < 4.78 is 0. The van der Waals surface area contributed by atoms with Gasteiger partial charge in [0.05, 0.1) is 0 Å². The Balaban J connectivity index is 0.000000396. The van der Waals surface area contributed by atoms with Gasteiger partial charge in [0.1, 0.15) is 12.1 Å². The van der Waals surface area contributed by atoms with Crippen molar-refractivity contribution in [1.29, 1.82) is 0 Å². The lowest BCUT2D eigenvalue weighted by molar-refractivity contribution is -0.140. The number of hydrogen-bond acceptors (Lipinski definition) is 4. The highest BCUT2D eigenvalue weighted by Gasteiger charge is 2.14. The fourth-order valence-corrected chi connectivity index (χ4v) is 1.24. The number of aliphatic carboxylic acids is 2. The van der Waals surface area contributed by atoms with Crippen LogP contribution in [0, 0.1) is 5.92 Å². The average molecular weight is 282 g/mol. The molecule has 6 N–H and O–H groups in total. The van der Waals surface area contributed by atoms with Crippen LogP contribution in [0.5, 0.6) is 0 Å². The van der Waals surface area contributed by atoms with Gasteiger partial charge in [0, 0.05) is 0 Å². The molecule has 2 unspecified atom stereocenters. The van der Waals surface area contributed by atoms with Gasteiger partial charge < -0.3 is 21.7 Å². The maximum atomic E-state index is 10.4. The zero-order chi connectivity index (χ0) is 15.7. The van der Waals surface area contributed by atoms with Crippen LogP contribution in [0.3, 0.4) is 0 Å². The highest BCUT2D eigenvalue weighted by atomic mass is 16.4. The Morgan fingerprint density at radius 1 is 1.05 bits per heavy atom. The van der Waals surface area contributed by atoms with Crippen LogP contribution in [0.2, 0.25) is 0 Å². The number of carboxylic acid groups (broad SMARTS) is 2. The lowest BCUT2D eigenvalue weighted by Crippen LogP contribution is -2.34. The summed E-state index contributed by atoms with van der Waals surface area (Å²) in [5.74, 6) is -1.87. The van der Waals surface area contributed by atoms with Crippen molar-refractivity contribution < 1.29 is 19.8 Å². The van der Waals surface area contributed by atoms with Crippen LogP contribution in [0.25, 0.3) is 0 Å². The molecule has 0 spiro atoms. The standard InChI is InChI=1S/C9H11NO2.C5H11NO2/c10-8(9(11)12)6-7-4-2-1-3-5-7;1-3(2)4(6)5(7)8/h1-5,8H,6,10H2,(H,11,12);3-4H,6H2,1-2H3,(H,7,8). The van der Waals surface area contributed by atoms with E-state index < -0.39 is 24.0 Å². The first-order valence-corrected chi connectivity index (χ1v) is 6.26. The molecule has 1 rings (SSSR count). The van der Waals surface area contributed by atoms with Gasteiger partial charge in [-0.05, 0) is 17.9 Å². The third-order valence-corrected chi connectivity index (χ3v) is 2.62. The molecule has 0 aliphatic heterocycles. The fourth-order valence-electron chi connectivity index (χ4n) is 1.24. The topological polar surface area (TPSA) is 127 Å². The predicted molar refractivity (Wildman–Crippen MR) is 76.2 cm³/mol. The van der Waals surface area contributed by atoms with Crippen molar-refractivity contribution in [2.24, 2.45) is 17.4 Å². The number of benzene rings is 1. The Hall–Kier alpha value is -1.92. The monoisotopic (exact) mass is 282 g/mol. The van der Waals surface area contributed by atoms with Gasteiger partial charge >= 0.3 is 11.9 Å². The van der Waals surface area contributed by atoms with E-state index in [1.54, 1.807) is 13.8 Å². The first-order valence-electron chi connectivity index (χ1n) is 6.26. The molecule has 0 fully saturated rings. The molecule has 112 valence electrons. The fraction of sp³-hybridized carbons (Fsp3) is 0.429. The van der Waals surface area contributed by atoms with Crippen LogP contribution in [0.1, 0.15) is 19.4 Å². The lowest BCUT2D eigenvalue weighted by atomic mass is 10.1. The van der Waals surface area contributed by atoms with Gasteiger partial charge in [-0.2, -0.15) is 0 Å². The molecular weight excluding hydrogens is 260 g/mol. The van der Waals surface area contributed by atoms with Crippen molar-refractivity contribution in [3.63, 3.8) is 0 Å². The first-order chi connectivity index (χ1) is 9.25. The van der Waals surface area contributed by atoms with E-state index in [0.29, 0.717) is 6.42 Å². The van der Waals surface area contributed by atoms with Gasteiger partial charge in [-0.3, -0.25) is 9.59 Å². The van der Waals surface area contributed by atoms with E-state index in [9.17, 15) is 9.59 Å². The van der Waals surface area contributed by atoms with E-state index in [1.807, 2.05) is 30.3 Å². The van der Waals surface area contributed by atoms with Gasteiger partial charge in [-0.25, -0.2) is 0 Å². The number of nitrogens with two attached hydrogens (primary N) is 2. The SMILES string of the molecule is CC(C)C(N)C(=O)O.NC(Cc1ccccc1)C(=O)O. The average Bonchev–Trinajstić information content (AvgIpc) is 2.39. The number of carbonyl (C=O) groups is 2. The molecule has 0 bridgehead atoms. The second kappa shape index (κ2) is 9.06. The summed E-state index contributed by atoms with van der Waals surface area (Å²) >= 11 is 0. The van der Waals surface area contributed by atoms with Crippen molar-refractivity contribution in [3.8, 4) is 0 Å². The van der Waals surface area contributed by atoms with Crippen molar-refractivity contribution in [2.45, 2.75) is 32.4 Å². The minimum Gasteiger partial charge on any atom is -0.480 e. The number of rotatable bonds is 5. The molecule has 0 aromatic heterocycles. The van der Waals surface area contributed by atoms with Crippen LogP contribution >= 0.6 is 0 Å². The second-order valence-corrected chi connectivity index (χ2v) is 4.74. The molecule has 0 aliphatic rings. The minimum absolute atomic E-state index is 0.0208. The van der Waals surface area contributed by atoms with Crippen molar-refractivity contribution in [3.05, 3.63) is 35.9 Å². The van der Waals surface area contributed by atoms with Crippen LogP contribution < -0.4 is 11.5 Å². The maximum Gasteiger partial charge on any atom is 0.320 e. The van der Waals surface area contributed by atoms with Crippen LogP contribution in [0.15, 0.2) is 30.3 Å². The normalized spacial score (nSPS) is 13.1. The van der Waals surface area contributed by atoms with Crippen LogP contribution in [-0.4, -0.2) is 34.2 Å². The van der Waals surface area contributed by atoms with Crippen molar-refractivity contribution in [1.82, 2.24) is 0 Å². The van der Waals surface area contributed by atoms with Crippen LogP contribution in [0.4, 0.5) is 0 Å². The van der Waals surface area contributed by atoms with Gasteiger partial charge in [-0.1, -0.05) is 44.2 Å². The van der Waals surface area contributed by atoms with E-state index in [0.717, 1.165) is 5.56 Å². The molecule has 20 heavy (non-hydrogen) atoms. The molecule has 0 radical (unpaired) electrons. The van der Waals surface area contributed by atoms with Gasteiger partial charge in [0.15, 0.2) is 0 Å². The number of hydrogen-bond donors (Lipinski definition) is 4. The van der Waals surface area contributed by atoms with Crippen molar-refractivity contribution >= 4 is 11.9 Å². The summed E-state index contributed by atoms with van der Waals surface area (Å²) in [5, 5.41) is 16.7. The third kappa shape index (κ3) is 7.50. The largest absolute Gasteiger partial charge is 0.480 e. The summed E-state index contributed by atoms with van der Waals surface area (Å²) in [6, 6.07) is 7.83. The zero-order valence-electron chi connectivity index (χ0n) is 11.7. The maximum absolute atomic E-state index is 10.4. The Labute approximate surface area is 118 Å². The Morgan fingerprint density at radius 3 is 1.85 bits per heavy atom. The van der Waals surface area contributed by atoms with Crippen LogP contribution in [-0.2, 0) is 16.0 Å². The molecule has 0 heterocycles. The number of carboxylic acids is 2. The zero-order valence-corrected chi connectivity index (χ0v) is 11.7. The molecule has 0 saturated heterocycles. The molecule has 1 aromatic rings. The smallest absolute Gasteiger partial charge is 0.320 e. The summed E-state index contributed by atoms with van der Waals surface area (Å²) in [5.41, 5.74) is 11.5. The summed E-state index contributed by atoms with van der Waals surface area (Å²) in [6.45, 7) is 3.55. The molecule has 0 saturated carbocycles. The Morgan fingerprint density at radius 2 is 1.55 bits per heavy atom. The molecule has 6 heteroatoms. The molecule has 0 amide bonds. The van der Waals surface area contributed by atoms with E-state index in [1.165, 1.54) is 0 Å². The van der Waals surface area contributed by atoms with Gasteiger partial charge in [-0.15, -0.1) is 0 Å². The lowest BCUT2D eigenvalue weighted by Gasteiger charge is -2.07. The molecule has 0 aliphatic carbocycles. The predicted octanol–water partition coefficient (Wildman–Crippen LogP) is 0.695. The highest BCUT2D eigenvalue weighted by Crippen LogP contribution is 2.01. The Kier molecular flexibility index (Phi) is 8.19. The summed E-state index contributed by atoms with van der Waals surface area (Å²) in [4.78, 5) is 20.4. The summed E-state index contributed by atoms with van der Waals surface area (Å²) in [7, 11) is 0. The van der Waals surface area contributed by atoms with Gasteiger partial charge in [0.2, 0.25) is 0 Å². The second-order valence-electron chi connectivity index (χ2n) is 4.74. The minimum atomic E-state index is -0.959. The van der Waals surface area contributed by atoms with Gasteiger partial charge in [0.25, 0.3) is 0 Å². The van der Waals surface area contributed by atoms with E-state index in [2.05, 4.69) is 0 Å². The van der Waals surface area contributed by atoms with E-state index in [-0.39, 0.29) is 5.92 Å². The third-order valence-electron chi connectivity index (χ3n) is 2.62. The molecule has 1 aromatic carbocycles. The van der Waals surface area contributed by atoms with E-state index >= 15 is 0 Å². The first kappa shape index (κ1) is 18.1. The Bertz CT molecular complexity index is 420. The highest BCUT2D eigenvalue weighted by molar-refractivity contribution is 5.73. The molecule has 6 nitrogen and oxygen atoms in total. The van der Waals surface area contributed by atoms with Crippen molar-refractivity contribution in [2.75, 3.05) is 0 Å². The molecular formula is C14H22N2O4. The molecule has 2 atom stereocenters.